The first-order valence-electron chi connectivity index (χ1n) is 9.20. The summed E-state index contributed by atoms with van der Waals surface area (Å²) in [5.41, 5.74) is 6.42. The predicted octanol–water partition coefficient (Wildman–Crippen LogP) is 2.56. The average molecular weight is 364 g/mol. The van der Waals surface area contributed by atoms with Crippen LogP contribution in [0.2, 0.25) is 0 Å². The van der Waals surface area contributed by atoms with Crippen molar-refractivity contribution < 1.29 is 14.0 Å². The molecule has 1 aromatic rings. The second kappa shape index (κ2) is 9.52. The number of carbonyl (C=O) groups excluding carboxylic acids is 2. The van der Waals surface area contributed by atoms with E-state index in [4.69, 9.17) is 5.73 Å². The zero-order valence-corrected chi connectivity index (χ0v) is 15.5. The van der Waals surface area contributed by atoms with E-state index in [0.717, 1.165) is 19.4 Å². The highest BCUT2D eigenvalue weighted by molar-refractivity contribution is 5.89. The third kappa shape index (κ3) is 6.29. The fourth-order valence-electron chi connectivity index (χ4n) is 3.25. The van der Waals surface area contributed by atoms with Crippen molar-refractivity contribution >= 4 is 17.6 Å². The standard InChI is InChI=1S/C19H29FN4O2/c1-13(2)9-17(21)18(25)24-8-4-5-14(12-24)11-22-19(26)23-16-7-3-6-15(20)10-16/h3,6-7,10,13-14,17H,4-5,8-9,11-12,21H2,1-2H3,(H2,22,23,26)/t14?,17-/m0/s1. The zero-order valence-electron chi connectivity index (χ0n) is 15.5. The number of hydrogen-bond donors (Lipinski definition) is 3. The highest BCUT2D eigenvalue weighted by Gasteiger charge is 2.27. The molecule has 4 N–H and O–H groups in total. The number of nitrogens with one attached hydrogen (secondary N) is 2. The number of rotatable bonds is 6. The summed E-state index contributed by atoms with van der Waals surface area (Å²) in [6, 6.07) is 4.90. The molecule has 1 aromatic carbocycles. The van der Waals surface area contributed by atoms with Crippen LogP contribution in [-0.4, -0.2) is 42.5 Å². The summed E-state index contributed by atoms with van der Waals surface area (Å²) >= 11 is 0. The summed E-state index contributed by atoms with van der Waals surface area (Å²) in [6.07, 6.45) is 2.52. The highest BCUT2D eigenvalue weighted by atomic mass is 19.1. The molecule has 0 saturated carbocycles. The Morgan fingerprint density at radius 2 is 2.15 bits per heavy atom. The van der Waals surface area contributed by atoms with Gasteiger partial charge in [0.1, 0.15) is 5.82 Å². The van der Waals surface area contributed by atoms with E-state index in [1.807, 2.05) is 18.7 Å². The van der Waals surface area contributed by atoms with Crippen LogP contribution in [0.1, 0.15) is 33.1 Å². The molecule has 1 fully saturated rings. The van der Waals surface area contributed by atoms with Crippen LogP contribution < -0.4 is 16.4 Å². The second-order valence-electron chi connectivity index (χ2n) is 7.37. The number of urea groups is 1. The fraction of sp³-hybridized carbons (Fsp3) is 0.579. The first kappa shape index (κ1) is 20.2. The monoisotopic (exact) mass is 364 g/mol. The van der Waals surface area contributed by atoms with E-state index >= 15 is 0 Å². The molecule has 0 radical (unpaired) electrons. The normalized spacial score (nSPS) is 18.5. The van der Waals surface area contributed by atoms with Gasteiger partial charge in [0.05, 0.1) is 6.04 Å². The highest BCUT2D eigenvalue weighted by Crippen LogP contribution is 2.18. The maximum absolute atomic E-state index is 13.1. The van der Waals surface area contributed by atoms with Crippen molar-refractivity contribution in [2.75, 3.05) is 25.0 Å². The topological polar surface area (TPSA) is 87.5 Å². The van der Waals surface area contributed by atoms with Crippen molar-refractivity contribution in [2.24, 2.45) is 17.6 Å². The van der Waals surface area contributed by atoms with Crippen molar-refractivity contribution in [1.82, 2.24) is 10.2 Å². The first-order chi connectivity index (χ1) is 12.3. The van der Waals surface area contributed by atoms with Crippen molar-refractivity contribution in [3.63, 3.8) is 0 Å². The molecule has 1 heterocycles. The largest absolute Gasteiger partial charge is 0.341 e. The van der Waals surface area contributed by atoms with Crippen molar-refractivity contribution in [3.05, 3.63) is 30.1 Å². The summed E-state index contributed by atoms with van der Waals surface area (Å²) in [6.45, 7) is 5.88. The number of piperidine rings is 1. The van der Waals surface area contributed by atoms with Crippen LogP contribution in [0, 0.1) is 17.7 Å². The Bertz CT molecular complexity index is 623. The van der Waals surface area contributed by atoms with Crippen LogP contribution in [-0.2, 0) is 4.79 Å². The molecule has 2 rings (SSSR count). The summed E-state index contributed by atoms with van der Waals surface area (Å²) in [5, 5.41) is 5.41. The lowest BCUT2D eigenvalue weighted by Gasteiger charge is -2.34. The molecule has 144 valence electrons. The van der Waals surface area contributed by atoms with Gasteiger partial charge in [0.15, 0.2) is 0 Å². The molecule has 1 aliphatic heterocycles. The number of halogens is 1. The number of nitrogens with two attached hydrogens (primary N) is 1. The Labute approximate surface area is 154 Å². The van der Waals surface area contributed by atoms with E-state index in [9.17, 15) is 14.0 Å². The van der Waals surface area contributed by atoms with E-state index in [-0.39, 0.29) is 17.9 Å². The molecule has 0 aromatic heterocycles. The number of benzene rings is 1. The van der Waals surface area contributed by atoms with Crippen molar-refractivity contribution in [2.45, 2.75) is 39.2 Å². The average Bonchev–Trinajstić information content (AvgIpc) is 2.59. The van der Waals surface area contributed by atoms with Gasteiger partial charge in [0.2, 0.25) is 5.91 Å². The molecule has 26 heavy (non-hydrogen) atoms. The molecule has 0 aliphatic carbocycles. The van der Waals surface area contributed by atoms with Gasteiger partial charge in [-0.05, 0) is 49.3 Å². The Hall–Kier alpha value is -2.15. The van der Waals surface area contributed by atoms with Gasteiger partial charge >= 0.3 is 6.03 Å². The Morgan fingerprint density at radius 3 is 2.85 bits per heavy atom. The SMILES string of the molecule is CC(C)C[C@H](N)C(=O)N1CCCC(CNC(=O)Nc2cccc(F)c2)C1. The molecule has 3 amide bonds. The van der Waals surface area contributed by atoms with E-state index < -0.39 is 11.9 Å². The third-order valence-corrected chi connectivity index (χ3v) is 4.51. The van der Waals surface area contributed by atoms with Crippen LogP contribution in [0.25, 0.3) is 0 Å². The van der Waals surface area contributed by atoms with Crippen LogP contribution in [0.15, 0.2) is 24.3 Å². The van der Waals surface area contributed by atoms with Crippen LogP contribution in [0.3, 0.4) is 0 Å². The fourth-order valence-corrected chi connectivity index (χ4v) is 3.25. The molecule has 1 unspecified atom stereocenters. The number of amides is 3. The molecule has 7 heteroatoms. The van der Waals surface area contributed by atoms with Gasteiger partial charge in [-0.3, -0.25) is 4.79 Å². The number of carbonyl (C=O) groups is 2. The van der Waals surface area contributed by atoms with Crippen molar-refractivity contribution in [1.29, 1.82) is 0 Å². The van der Waals surface area contributed by atoms with E-state index in [1.54, 1.807) is 6.07 Å². The Kier molecular flexibility index (Phi) is 7.38. The minimum absolute atomic E-state index is 0.00684. The predicted molar refractivity (Wildman–Crippen MR) is 100 cm³/mol. The van der Waals surface area contributed by atoms with Gasteiger partial charge in [0, 0.05) is 25.3 Å². The Morgan fingerprint density at radius 1 is 1.38 bits per heavy atom. The van der Waals surface area contributed by atoms with Crippen LogP contribution >= 0.6 is 0 Å². The number of nitrogens with zero attached hydrogens (tertiary/aromatic N) is 1. The summed E-state index contributed by atoms with van der Waals surface area (Å²) in [7, 11) is 0. The van der Waals surface area contributed by atoms with Gasteiger partial charge in [-0.25, -0.2) is 9.18 Å². The minimum atomic E-state index is -0.460. The molecular formula is C19H29FN4O2. The third-order valence-electron chi connectivity index (χ3n) is 4.51. The lowest BCUT2D eigenvalue weighted by Crippen LogP contribution is -2.50. The van der Waals surface area contributed by atoms with Gasteiger partial charge < -0.3 is 21.3 Å². The lowest BCUT2D eigenvalue weighted by molar-refractivity contribution is -0.134. The van der Waals surface area contributed by atoms with Gasteiger partial charge in [-0.1, -0.05) is 19.9 Å². The smallest absolute Gasteiger partial charge is 0.319 e. The Balaban J connectivity index is 1.78. The maximum atomic E-state index is 13.1. The zero-order chi connectivity index (χ0) is 19.1. The molecule has 1 saturated heterocycles. The molecular weight excluding hydrogens is 335 g/mol. The van der Waals surface area contributed by atoms with Crippen LogP contribution in [0.5, 0.6) is 0 Å². The summed E-state index contributed by atoms with van der Waals surface area (Å²) in [4.78, 5) is 26.2. The number of likely N-dealkylation sites (tertiary alicyclic amines) is 1. The number of anilines is 1. The van der Waals surface area contributed by atoms with E-state index in [2.05, 4.69) is 10.6 Å². The lowest BCUT2D eigenvalue weighted by atomic mass is 9.96. The molecule has 1 aliphatic rings. The van der Waals surface area contributed by atoms with Crippen LogP contribution in [0.4, 0.5) is 14.9 Å². The minimum Gasteiger partial charge on any atom is -0.341 e. The van der Waals surface area contributed by atoms with Crippen molar-refractivity contribution in [3.8, 4) is 0 Å². The molecule has 0 bridgehead atoms. The summed E-state index contributed by atoms with van der Waals surface area (Å²) < 4.78 is 13.1. The van der Waals surface area contributed by atoms with Gasteiger partial charge in [-0.2, -0.15) is 0 Å². The van der Waals surface area contributed by atoms with E-state index in [1.165, 1.54) is 18.2 Å². The first-order valence-corrected chi connectivity index (χ1v) is 9.20. The van der Waals surface area contributed by atoms with E-state index in [0.29, 0.717) is 31.1 Å². The second-order valence-corrected chi connectivity index (χ2v) is 7.37. The quantitative estimate of drug-likeness (QED) is 0.725. The number of hydrogen-bond acceptors (Lipinski definition) is 3. The van der Waals surface area contributed by atoms with Gasteiger partial charge in [-0.15, -0.1) is 0 Å². The summed E-state index contributed by atoms with van der Waals surface area (Å²) in [5.74, 6) is 0.162. The van der Waals surface area contributed by atoms with Gasteiger partial charge in [0.25, 0.3) is 0 Å². The molecule has 0 spiro atoms. The molecule has 2 atom stereocenters. The molecule has 6 nitrogen and oxygen atoms in total. The maximum Gasteiger partial charge on any atom is 0.319 e.